The second-order valence-corrected chi connectivity index (χ2v) is 5.53. The van der Waals surface area contributed by atoms with Crippen LogP contribution in [0.2, 0.25) is 0 Å². The molecule has 0 radical (unpaired) electrons. The highest BCUT2D eigenvalue weighted by atomic mass is 79.9. The lowest BCUT2D eigenvalue weighted by atomic mass is 10.1. The van der Waals surface area contributed by atoms with Gasteiger partial charge in [0.05, 0.1) is 6.04 Å². The highest BCUT2D eigenvalue weighted by molar-refractivity contribution is 9.10. The molecule has 98 valence electrons. The van der Waals surface area contributed by atoms with E-state index in [1.54, 1.807) is 6.07 Å². The van der Waals surface area contributed by atoms with Gasteiger partial charge in [0.25, 0.3) is 0 Å². The van der Waals surface area contributed by atoms with Gasteiger partial charge in [0.1, 0.15) is 0 Å². The first-order chi connectivity index (χ1) is 9.15. The molecule has 0 spiro atoms. The Morgan fingerprint density at radius 2 is 1.95 bits per heavy atom. The minimum Gasteiger partial charge on any atom is -0.378 e. The van der Waals surface area contributed by atoms with Gasteiger partial charge in [-0.1, -0.05) is 28.1 Å². The Morgan fingerprint density at radius 1 is 1.11 bits per heavy atom. The Labute approximate surface area is 118 Å². The van der Waals surface area contributed by atoms with Gasteiger partial charge < -0.3 is 5.32 Å². The second kappa shape index (κ2) is 4.93. The smallest absolute Gasteiger partial charge is 0.160 e. The summed E-state index contributed by atoms with van der Waals surface area (Å²) in [5, 5.41) is 3.26. The second-order valence-electron chi connectivity index (χ2n) is 4.67. The van der Waals surface area contributed by atoms with E-state index < -0.39 is 11.6 Å². The zero-order chi connectivity index (χ0) is 13.4. The minimum atomic E-state index is -0.822. The summed E-state index contributed by atoms with van der Waals surface area (Å²) in [6.45, 7) is 0. The summed E-state index contributed by atoms with van der Waals surface area (Å²) in [5.74, 6) is -1.64. The van der Waals surface area contributed by atoms with E-state index in [1.165, 1.54) is 17.2 Å². The molecule has 1 atom stereocenters. The Kier molecular flexibility index (Phi) is 3.27. The normalized spacial score (nSPS) is 17.3. The van der Waals surface area contributed by atoms with E-state index in [0.717, 1.165) is 23.4 Å². The standard InChI is InChI=1S/C15H12BrF2N/c16-12-3-1-2-11-10(12)5-7-15(11)19-9-4-6-13(17)14(18)8-9/h1-4,6,8,15,19H,5,7H2. The summed E-state index contributed by atoms with van der Waals surface area (Å²) in [7, 11) is 0. The molecule has 0 heterocycles. The SMILES string of the molecule is Fc1ccc(NC2CCc3c(Br)cccc32)cc1F. The van der Waals surface area contributed by atoms with Crippen LogP contribution in [0.5, 0.6) is 0 Å². The van der Waals surface area contributed by atoms with Crippen molar-refractivity contribution in [2.24, 2.45) is 0 Å². The molecule has 4 heteroatoms. The van der Waals surface area contributed by atoms with Crippen molar-refractivity contribution < 1.29 is 8.78 Å². The predicted octanol–water partition coefficient (Wildman–Crippen LogP) is 4.83. The fourth-order valence-electron chi connectivity index (χ4n) is 2.55. The Morgan fingerprint density at radius 3 is 2.74 bits per heavy atom. The van der Waals surface area contributed by atoms with Crippen molar-refractivity contribution in [3.05, 3.63) is 63.6 Å². The highest BCUT2D eigenvalue weighted by Crippen LogP contribution is 2.37. The number of hydrogen-bond acceptors (Lipinski definition) is 1. The van der Waals surface area contributed by atoms with E-state index in [4.69, 9.17) is 0 Å². The monoisotopic (exact) mass is 323 g/mol. The van der Waals surface area contributed by atoms with Crippen LogP contribution < -0.4 is 5.32 Å². The van der Waals surface area contributed by atoms with Crippen LogP contribution in [0, 0.1) is 11.6 Å². The molecule has 2 aromatic carbocycles. The van der Waals surface area contributed by atoms with Crippen LogP contribution >= 0.6 is 15.9 Å². The zero-order valence-corrected chi connectivity index (χ0v) is 11.7. The molecular formula is C15H12BrF2N. The fourth-order valence-corrected chi connectivity index (χ4v) is 3.13. The molecule has 2 aromatic rings. The molecule has 0 aliphatic heterocycles. The van der Waals surface area contributed by atoms with Crippen LogP contribution in [0.25, 0.3) is 0 Å². The molecule has 19 heavy (non-hydrogen) atoms. The van der Waals surface area contributed by atoms with Gasteiger partial charge in [0.2, 0.25) is 0 Å². The number of fused-ring (bicyclic) bond motifs is 1. The van der Waals surface area contributed by atoms with Crippen molar-refractivity contribution in [2.75, 3.05) is 5.32 Å². The van der Waals surface area contributed by atoms with Crippen LogP contribution in [-0.4, -0.2) is 0 Å². The molecular weight excluding hydrogens is 312 g/mol. The van der Waals surface area contributed by atoms with Crippen molar-refractivity contribution in [1.29, 1.82) is 0 Å². The molecule has 1 aliphatic carbocycles. The van der Waals surface area contributed by atoms with Crippen LogP contribution in [-0.2, 0) is 6.42 Å². The van der Waals surface area contributed by atoms with E-state index in [9.17, 15) is 8.78 Å². The van der Waals surface area contributed by atoms with Crippen molar-refractivity contribution >= 4 is 21.6 Å². The molecule has 1 N–H and O–H groups in total. The van der Waals surface area contributed by atoms with Gasteiger partial charge in [-0.2, -0.15) is 0 Å². The van der Waals surface area contributed by atoms with E-state index in [1.807, 2.05) is 12.1 Å². The van der Waals surface area contributed by atoms with Crippen molar-refractivity contribution in [2.45, 2.75) is 18.9 Å². The molecule has 3 rings (SSSR count). The molecule has 1 nitrogen and oxygen atoms in total. The zero-order valence-electron chi connectivity index (χ0n) is 10.1. The first kappa shape index (κ1) is 12.6. The Hall–Kier alpha value is -1.42. The van der Waals surface area contributed by atoms with Crippen molar-refractivity contribution in [1.82, 2.24) is 0 Å². The van der Waals surface area contributed by atoms with E-state index in [-0.39, 0.29) is 6.04 Å². The summed E-state index contributed by atoms with van der Waals surface area (Å²) in [6, 6.07) is 10.2. The molecule has 0 aromatic heterocycles. The molecule has 0 amide bonds. The van der Waals surface area contributed by atoms with Crippen LogP contribution in [0.1, 0.15) is 23.6 Å². The first-order valence-electron chi connectivity index (χ1n) is 6.14. The summed E-state index contributed by atoms with van der Waals surface area (Å²) in [4.78, 5) is 0. The van der Waals surface area contributed by atoms with Gasteiger partial charge in [0.15, 0.2) is 11.6 Å². The van der Waals surface area contributed by atoms with Gasteiger partial charge in [-0.25, -0.2) is 8.78 Å². The van der Waals surface area contributed by atoms with E-state index in [0.29, 0.717) is 5.69 Å². The third kappa shape index (κ3) is 2.37. The molecule has 0 fully saturated rings. The molecule has 1 aliphatic rings. The molecule has 1 unspecified atom stereocenters. The van der Waals surface area contributed by atoms with Crippen molar-refractivity contribution in [3.63, 3.8) is 0 Å². The summed E-state index contributed by atoms with van der Waals surface area (Å²) < 4.78 is 27.2. The maximum Gasteiger partial charge on any atom is 0.160 e. The average Bonchev–Trinajstić information content (AvgIpc) is 2.79. The summed E-state index contributed by atoms with van der Waals surface area (Å²) >= 11 is 3.54. The Bertz CT molecular complexity index is 628. The maximum absolute atomic E-state index is 13.2. The lowest BCUT2D eigenvalue weighted by molar-refractivity contribution is 0.509. The minimum absolute atomic E-state index is 0.150. The quantitative estimate of drug-likeness (QED) is 0.834. The Balaban J connectivity index is 1.86. The van der Waals surface area contributed by atoms with Crippen LogP contribution in [0.15, 0.2) is 40.9 Å². The highest BCUT2D eigenvalue weighted by Gasteiger charge is 2.23. The van der Waals surface area contributed by atoms with E-state index >= 15 is 0 Å². The number of hydrogen-bond donors (Lipinski definition) is 1. The van der Waals surface area contributed by atoms with Crippen molar-refractivity contribution in [3.8, 4) is 0 Å². The summed E-state index contributed by atoms with van der Waals surface area (Å²) in [6.07, 6.45) is 1.94. The third-order valence-corrected chi connectivity index (χ3v) is 4.22. The third-order valence-electron chi connectivity index (χ3n) is 3.47. The van der Waals surface area contributed by atoms with Gasteiger partial charge in [-0.15, -0.1) is 0 Å². The number of nitrogens with one attached hydrogen (secondary N) is 1. The van der Waals surface area contributed by atoms with Crippen LogP contribution in [0.3, 0.4) is 0 Å². The largest absolute Gasteiger partial charge is 0.378 e. The molecule has 0 bridgehead atoms. The average molecular weight is 324 g/mol. The van der Waals surface area contributed by atoms with Gasteiger partial charge in [0, 0.05) is 16.2 Å². The number of halogens is 3. The molecule has 0 saturated heterocycles. The summed E-state index contributed by atoms with van der Waals surface area (Å²) in [5.41, 5.74) is 3.12. The maximum atomic E-state index is 13.2. The number of rotatable bonds is 2. The lowest BCUT2D eigenvalue weighted by Crippen LogP contribution is -2.07. The predicted molar refractivity (Wildman–Crippen MR) is 75.2 cm³/mol. The number of benzene rings is 2. The molecule has 0 saturated carbocycles. The topological polar surface area (TPSA) is 12.0 Å². The van der Waals surface area contributed by atoms with Gasteiger partial charge >= 0.3 is 0 Å². The fraction of sp³-hybridized carbons (Fsp3) is 0.200. The lowest BCUT2D eigenvalue weighted by Gasteiger charge is -2.16. The van der Waals surface area contributed by atoms with Gasteiger partial charge in [-0.3, -0.25) is 0 Å². The van der Waals surface area contributed by atoms with Crippen LogP contribution in [0.4, 0.5) is 14.5 Å². The first-order valence-corrected chi connectivity index (χ1v) is 6.93. The number of anilines is 1. The van der Waals surface area contributed by atoms with Gasteiger partial charge in [-0.05, 0) is 42.2 Å². The van der Waals surface area contributed by atoms with E-state index in [2.05, 4.69) is 27.3 Å².